The van der Waals surface area contributed by atoms with Crippen LogP contribution in [0.15, 0.2) is 136 Å². The highest BCUT2D eigenvalue weighted by Crippen LogP contribution is 2.27. The fourth-order valence-corrected chi connectivity index (χ4v) is 7.45. The van der Waals surface area contributed by atoms with Gasteiger partial charge in [-0.3, -0.25) is 9.97 Å². The summed E-state index contributed by atoms with van der Waals surface area (Å²) < 4.78 is 40.2. The zero-order valence-corrected chi connectivity index (χ0v) is 54.9. The summed E-state index contributed by atoms with van der Waals surface area (Å²) in [7, 11) is 1.97. The molecule has 0 spiro atoms. The lowest BCUT2D eigenvalue weighted by atomic mass is 10.3. The van der Waals surface area contributed by atoms with E-state index >= 15 is 0 Å². The van der Waals surface area contributed by atoms with Crippen LogP contribution in [-0.4, -0.2) is 134 Å². The maximum absolute atomic E-state index is 11.7. The Morgan fingerprint density at radius 3 is 1.51 bits per heavy atom. The maximum atomic E-state index is 11.7. The van der Waals surface area contributed by atoms with Gasteiger partial charge >= 0.3 is 28.9 Å². The smallest absolute Gasteiger partial charge is 0.349 e. The van der Waals surface area contributed by atoms with Crippen LogP contribution in [0.4, 0.5) is 13.2 Å². The minimum atomic E-state index is -4.35. The minimum absolute atomic E-state index is 0.0561. The lowest BCUT2D eigenvalue weighted by molar-refractivity contribution is -0.144. The second kappa shape index (κ2) is 38.8. The van der Waals surface area contributed by atoms with E-state index in [0.717, 1.165) is 87.9 Å². The third kappa shape index (κ3) is 28.9. The SMILES string of the molecule is Cc1[nH]c(=O)[nH]c1C.Cc1c[nH]c(=O)[nH]1.Cc1cn[nH]n1.Cc1cnc(-c2ccccn2)[nH]1.Cc1cnc(C(F)(F)F)[nH]1.Cc1cnc(C)[nH]1.Cc1cnc[nH]1.Cc1nc(=O)[nH]n1-c1ccccn1.Cc1ncc[nH]1.Cc1nccn1C.Cc1nn(C2CCCC2)c(=O)[nH]1. The fourth-order valence-electron chi connectivity index (χ4n) is 7.45. The Balaban J connectivity index is 0.000000223. The molecule has 0 radical (unpaired) electrons. The van der Waals surface area contributed by atoms with E-state index in [-0.39, 0.29) is 22.8 Å². The number of alkyl halides is 3. The van der Waals surface area contributed by atoms with Gasteiger partial charge in [-0.2, -0.15) is 38.7 Å². The lowest BCUT2D eigenvalue weighted by Crippen LogP contribution is -2.21. The Hall–Kier alpha value is -11.6. The highest BCUT2D eigenvalue weighted by atomic mass is 19.4. The van der Waals surface area contributed by atoms with Gasteiger partial charge < -0.3 is 49.4 Å². The molecule has 502 valence electrons. The van der Waals surface area contributed by atoms with Crippen molar-refractivity contribution in [2.24, 2.45) is 7.05 Å². The predicted octanol–water partition coefficient (Wildman–Crippen LogP) is 8.41. The topological polar surface area (TPSA) is 427 Å². The van der Waals surface area contributed by atoms with E-state index in [1.165, 1.54) is 19.8 Å². The van der Waals surface area contributed by atoms with Gasteiger partial charge in [0.05, 0.1) is 24.3 Å². The molecule has 1 aliphatic carbocycles. The van der Waals surface area contributed by atoms with Crippen LogP contribution in [0, 0.1) is 90.0 Å². The van der Waals surface area contributed by atoms with Gasteiger partial charge in [0, 0.05) is 115 Å². The number of halogens is 3. The first-order valence-corrected chi connectivity index (χ1v) is 29.1. The number of hydrogen-bond acceptors (Lipinski definition) is 16. The molecule has 31 nitrogen and oxygen atoms in total. The standard InChI is InChI=1S/C9H9N3.C8H8N4O.C8H13N3O.C5H5F3N2.C5H8N2O.2C5H8N2.C4H6N2O.2C4H6N2.C3H5N3/c1-7-6-11-9(12-7)8-4-2-3-5-10-8;1-6-10-8(13)11-12(6)7-4-2-3-5-9-7;1-6-9-8(12)11(10-6)7-4-2-3-5-7;1-3-2-9-4(10-3)5(6,7)8;1-3-4(2)7-5(8)6-3;1-5-6-3-4-7(5)2;1-4-3-6-5(2)7-4;1-3-2-5-4(7)6-3;1-4-2-5-3-6-4;1-4-5-2-3-6-4;1-3-2-4-6-5-3/h2-6H,1H3,(H,11,12);2-5H,1H3,(H,11,13);7H,2-5H2,1H3,(H,9,10,12);2H,1H3,(H,9,10);1-2H3,(H2,6,7,8);3-4H,1-2H3;3H,1-2H3,(H,6,7);2H,1H3,(H2,5,6,7);2*2-3H,1H3,(H,5,6);2H,1H3,(H,4,5,6). The van der Waals surface area contributed by atoms with Crippen LogP contribution in [0.2, 0.25) is 0 Å². The van der Waals surface area contributed by atoms with Crippen LogP contribution in [0.25, 0.3) is 17.3 Å². The number of aromatic nitrogens is 27. The van der Waals surface area contributed by atoms with Crippen LogP contribution in [0.3, 0.4) is 0 Å². The van der Waals surface area contributed by atoms with Crippen molar-refractivity contribution in [2.75, 3.05) is 0 Å². The van der Waals surface area contributed by atoms with Crippen LogP contribution in [0.5, 0.6) is 0 Å². The molecule has 94 heavy (non-hydrogen) atoms. The van der Waals surface area contributed by atoms with E-state index in [0.29, 0.717) is 29.2 Å². The van der Waals surface area contributed by atoms with Gasteiger partial charge in [-0.25, -0.2) is 68.5 Å². The Kier molecular flexibility index (Phi) is 30.9. The Morgan fingerprint density at radius 1 is 0.553 bits per heavy atom. The third-order valence-electron chi connectivity index (χ3n) is 12.3. The quantitative estimate of drug-likeness (QED) is 0.0789. The molecule has 14 rings (SSSR count). The predicted molar refractivity (Wildman–Crippen MR) is 348 cm³/mol. The summed E-state index contributed by atoms with van der Waals surface area (Å²) in [5, 5.41) is 16.4. The van der Waals surface area contributed by atoms with Crippen molar-refractivity contribution in [3.8, 4) is 17.3 Å². The van der Waals surface area contributed by atoms with Gasteiger partial charge in [0.1, 0.15) is 34.8 Å². The van der Waals surface area contributed by atoms with E-state index < -0.39 is 12.0 Å². The zero-order chi connectivity index (χ0) is 69.2. The van der Waals surface area contributed by atoms with Crippen molar-refractivity contribution in [1.29, 1.82) is 0 Å². The number of nitrogens with one attached hydrogen (secondary N) is 12. The summed E-state index contributed by atoms with van der Waals surface area (Å²) in [4.78, 5) is 104. The first kappa shape index (κ1) is 74.9. The van der Waals surface area contributed by atoms with E-state index in [2.05, 4.69) is 120 Å². The van der Waals surface area contributed by atoms with Crippen LogP contribution in [-0.2, 0) is 13.2 Å². The fraction of sp³-hybridized carbons (Fsp3) is 0.333. The van der Waals surface area contributed by atoms with Crippen LogP contribution in [0.1, 0.15) is 112 Å². The van der Waals surface area contributed by atoms with E-state index in [4.69, 9.17) is 0 Å². The summed E-state index contributed by atoms with van der Waals surface area (Å²) >= 11 is 0. The summed E-state index contributed by atoms with van der Waals surface area (Å²) in [5.74, 6) is 4.87. The molecular formula is C60H82F3N27O4. The molecule has 13 heterocycles. The van der Waals surface area contributed by atoms with Crippen molar-refractivity contribution in [3.63, 3.8) is 0 Å². The van der Waals surface area contributed by atoms with E-state index in [1.54, 1.807) is 84.5 Å². The van der Waals surface area contributed by atoms with Crippen molar-refractivity contribution >= 4 is 0 Å². The molecule has 13 aromatic rings. The molecule has 0 saturated heterocycles. The average Bonchev–Trinajstić information content (AvgIpc) is 1.75. The van der Waals surface area contributed by atoms with E-state index in [9.17, 15) is 32.3 Å². The van der Waals surface area contributed by atoms with Gasteiger partial charge in [0.2, 0.25) is 5.82 Å². The highest BCUT2D eigenvalue weighted by Gasteiger charge is 2.34. The first-order valence-electron chi connectivity index (χ1n) is 29.1. The van der Waals surface area contributed by atoms with Crippen molar-refractivity contribution in [2.45, 2.75) is 128 Å². The highest BCUT2D eigenvalue weighted by molar-refractivity contribution is 5.48. The number of imidazole rings is 8. The van der Waals surface area contributed by atoms with E-state index in [1.807, 2.05) is 131 Å². The van der Waals surface area contributed by atoms with Gasteiger partial charge in [0.15, 0.2) is 11.6 Å². The molecule has 0 atom stereocenters. The molecule has 0 aliphatic heterocycles. The number of pyridine rings is 2. The van der Waals surface area contributed by atoms with Crippen molar-refractivity contribution in [1.82, 2.24) is 134 Å². The Labute approximate surface area is 537 Å². The molecule has 0 bridgehead atoms. The normalized spacial score (nSPS) is 11.0. The number of nitrogens with zero attached hydrogens (tertiary/aromatic N) is 15. The molecule has 0 aromatic carbocycles. The minimum Gasteiger partial charge on any atom is -0.349 e. The monoisotopic (exact) mass is 1300 g/mol. The number of aryl methyl sites for hydroxylation is 14. The average molecular weight is 1300 g/mol. The molecule has 1 saturated carbocycles. The molecule has 13 aromatic heterocycles. The second-order valence-electron chi connectivity index (χ2n) is 20.6. The largest absolute Gasteiger partial charge is 0.449 e. The van der Waals surface area contributed by atoms with Gasteiger partial charge in [-0.1, -0.05) is 25.0 Å². The molecule has 0 unspecified atom stereocenters. The molecule has 1 aliphatic rings. The second-order valence-corrected chi connectivity index (χ2v) is 20.6. The lowest BCUT2D eigenvalue weighted by Gasteiger charge is -2.05. The number of hydrogen-bond donors (Lipinski definition) is 12. The summed E-state index contributed by atoms with van der Waals surface area (Å²) in [6.07, 6.45) is 22.4. The molecule has 0 amide bonds. The van der Waals surface area contributed by atoms with Gasteiger partial charge in [0.25, 0.3) is 0 Å². The number of rotatable bonds is 3. The molecular weight excluding hydrogens is 1220 g/mol. The third-order valence-corrected chi connectivity index (χ3v) is 12.3. The zero-order valence-electron chi connectivity index (χ0n) is 54.9. The molecule has 34 heteroatoms. The number of aromatic amines is 12. The Bertz CT molecular complexity index is 4180. The maximum Gasteiger partial charge on any atom is 0.449 e. The Morgan fingerprint density at radius 2 is 1.21 bits per heavy atom. The summed E-state index contributed by atoms with van der Waals surface area (Å²) in [6.45, 7) is 24.2. The summed E-state index contributed by atoms with van der Waals surface area (Å²) in [5.41, 5.74) is 7.51. The van der Waals surface area contributed by atoms with Crippen LogP contribution < -0.4 is 22.8 Å². The molecule has 1 fully saturated rings. The van der Waals surface area contributed by atoms with Crippen molar-refractivity contribution in [3.05, 3.63) is 240 Å². The first-order chi connectivity index (χ1) is 44.7. The summed E-state index contributed by atoms with van der Waals surface area (Å²) in [6, 6.07) is 11.6. The van der Waals surface area contributed by atoms with Gasteiger partial charge in [-0.05, 0) is 127 Å². The van der Waals surface area contributed by atoms with Gasteiger partial charge in [-0.15, -0.1) is 0 Å². The molecule has 12 N–H and O–H groups in total. The van der Waals surface area contributed by atoms with Crippen molar-refractivity contribution < 1.29 is 13.2 Å². The number of H-pyrrole nitrogens is 12. The van der Waals surface area contributed by atoms with Crippen LogP contribution >= 0.6 is 0 Å².